The lowest BCUT2D eigenvalue weighted by Crippen LogP contribution is -2.53. The van der Waals surface area contributed by atoms with Gasteiger partial charge in [0.25, 0.3) is 5.91 Å². The lowest BCUT2D eigenvalue weighted by molar-refractivity contribution is -0.0581. The zero-order chi connectivity index (χ0) is 14.0. The van der Waals surface area contributed by atoms with Gasteiger partial charge in [0.15, 0.2) is 0 Å². The van der Waals surface area contributed by atoms with Crippen LogP contribution in [0.1, 0.15) is 16.8 Å². The van der Waals surface area contributed by atoms with E-state index in [2.05, 4.69) is 15.2 Å². The lowest BCUT2D eigenvalue weighted by Gasteiger charge is -2.40. The molecule has 1 amide bonds. The monoisotopic (exact) mass is 277 g/mol. The second kappa shape index (κ2) is 5.38. The topological polar surface area (TPSA) is 63.7 Å². The fourth-order valence-electron chi connectivity index (χ4n) is 2.81. The van der Waals surface area contributed by atoms with E-state index in [9.17, 15) is 4.79 Å². The number of ether oxygens (including phenoxy) is 2. The molecule has 108 valence electrons. The molecule has 0 aromatic carbocycles. The molecule has 3 rings (SSSR count). The van der Waals surface area contributed by atoms with Gasteiger partial charge in [-0.1, -0.05) is 0 Å². The highest BCUT2D eigenvalue weighted by Gasteiger charge is 2.41. The van der Waals surface area contributed by atoms with Crippen molar-refractivity contribution in [2.75, 3.05) is 44.9 Å². The molecule has 2 saturated heterocycles. The van der Waals surface area contributed by atoms with Crippen molar-refractivity contribution in [1.29, 1.82) is 0 Å². The molecule has 20 heavy (non-hydrogen) atoms. The molecule has 6 heteroatoms. The largest absolute Gasteiger partial charge is 0.378 e. The first-order valence-electron chi connectivity index (χ1n) is 6.88. The third-order valence-electron chi connectivity index (χ3n) is 3.87. The predicted octanol–water partition coefficient (Wildman–Crippen LogP) is 0.437. The number of carbonyl (C=O) groups excluding carboxylic acids is 1. The molecule has 3 heterocycles. The van der Waals surface area contributed by atoms with Crippen LogP contribution in [0.5, 0.6) is 0 Å². The number of amides is 1. The Morgan fingerprint density at radius 1 is 1.50 bits per heavy atom. The van der Waals surface area contributed by atoms with E-state index in [1.54, 1.807) is 25.4 Å². The highest BCUT2D eigenvalue weighted by Crippen LogP contribution is 2.30. The maximum Gasteiger partial charge on any atom is 0.254 e. The van der Waals surface area contributed by atoms with Crippen molar-refractivity contribution in [3.05, 3.63) is 23.9 Å². The first kappa shape index (κ1) is 13.3. The number of rotatable bonds is 2. The molecular formula is C14H19N3O3. The summed E-state index contributed by atoms with van der Waals surface area (Å²) in [6.45, 7) is 3.44. The van der Waals surface area contributed by atoms with Crippen molar-refractivity contribution in [3.8, 4) is 0 Å². The van der Waals surface area contributed by atoms with Crippen molar-refractivity contribution < 1.29 is 14.3 Å². The molecule has 1 spiro atoms. The second-order valence-electron chi connectivity index (χ2n) is 5.21. The van der Waals surface area contributed by atoms with E-state index in [1.807, 2.05) is 0 Å². The summed E-state index contributed by atoms with van der Waals surface area (Å²) in [5.41, 5.74) is 0.362. The summed E-state index contributed by atoms with van der Waals surface area (Å²) in [5.74, 6) is 0.609. The quantitative estimate of drug-likeness (QED) is 0.849. The van der Waals surface area contributed by atoms with Gasteiger partial charge in [-0.2, -0.15) is 0 Å². The predicted molar refractivity (Wildman–Crippen MR) is 74.0 cm³/mol. The summed E-state index contributed by atoms with van der Waals surface area (Å²) >= 11 is 0. The number of nitrogens with zero attached hydrogens (tertiary/aromatic N) is 2. The van der Waals surface area contributed by atoms with Gasteiger partial charge in [0.05, 0.1) is 25.3 Å². The Morgan fingerprint density at radius 2 is 2.40 bits per heavy atom. The number of aromatic nitrogens is 1. The molecule has 0 bridgehead atoms. The van der Waals surface area contributed by atoms with Crippen LogP contribution in [0.4, 0.5) is 5.82 Å². The van der Waals surface area contributed by atoms with Gasteiger partial charge in [0.2, 0.25) is 0 Å². The molecule has 6 nitrogen and oxygen atoms in total. The Bertz CT molecular complexity index is 500. The number of pyridine rings is 1. The Kier molecular flexibility index (Phi) is 3.58. The van der Waals surface area contributed by atoms with Crippen LogP contribution >= 0.6 is 0 Å². The number of morpholine rings is 1. The summed E-state index contributed by atoms with van der Waals surface area (Å²) in [5, 5.41) is 2.66. The van der Waals surface area contributed by atoms with E-state index in [-0.39, 0.29) is 11.5 Å². The minimum Gasteiger partial charge on any atom is -0.378 e. The van der Waals surface area contributed by atoms with Crippen molar-refractivity contribution in [2.24, 2.45) is 0 Å². The van der Waals surface area contributed by atoms with E-state index in [0.29, 0.717) is 25.3 Å². The van der Waals surface area contributed by atoms with Gasteiger partial charge in [-0.15, -0.1) is 0 Å². The van der Waals surface area contributed by atoms with Crippen LogP contribution in [-0.2, 0) is 9.47 Å². The fourth-order valence-corrected chi connectivity index (χ4v) is 2.81. The van der Waals surface area contributed by atoms with Crippen LogP contribution in [0.2, 0.25) is 0 Å². The average molecular weight is 277 g/mol. The Labute approximate surface area is 118 Å². The molecule has 2 fully saturated rings. The lowest BCUT2D eigenvalue weighted by atomic mass is 10.0. The maximum absolute atomic E-state index is 12.0. The standard InChI is InChI=1S/C14H19N3O3/c1-15-13(18)11-3-2-5-16-12(11)17-6-8-20-14(9-17)4-7-19-10-14/h2-3,5H,4,6-10H2,1H3,(H,15,18). The van der Waals surface area contributed by atoms with E-state index < -0.39 is 0 Å². The number of carbonyl (C=O) groups is 1. The third-order valence-corrected chi connectivity index (χ3v) is 3.87. The van der Waals surface area contributed by atoms with E-state index >= 15 is 0 Å². The van der Waals surface area contributed by atoms with Crippen LogP contribution in [0, 0.1) is 0 Å². The van der Waals surface area contributed by atoms with Crippen molar-refractivity contribution in [1.82, 2.24) is 10.3 Å². The van der Waals surface area contributed by atoms with Crippen LogP contribution in [0.3, 0.4) is 0 Å². The molecule has 1 atom stereocenters. The Morgan fingerprint density at radius 3 is 3.15 bits per heavy atom. The molecule has 2 aliphatic rings. The van der Waals surface area contributed by atoms with Gasteiger partial charge in [-0.05, 0) is 12.1 Å². The number of hydrogen-bond donors (Lipinski definition) is 1. The van der Waals surface area contributed by atoms with Crippen LogP contribution < -0.4 is 10.2 Å². The van der Waals surface area contributed by atoms with Crippen molar-refractivity contribution in [2.45, 2.75) is 12.0 Å². The highest BCUT2D eigenvalue weighted by atomic mass is 16.6. The molecule has 1 N–H and O–H groups in total. The van der Waals surface area contributed by atoms with E-state index in [0.717, 1.165) is 25.4 Å². The third kappa shape index (κ3) is 2.36. The van der Waals surface area contributed by atoms with Gasteiger partial charge in [0.1, 0.15) is 11.4 Å². The number of hydrogen-bond acceptors (Lipinski definition) is 5. The molecule has 1 aromatic rings. The minimum absolute atomic E-state index is 0.115. The first-order valence-corrected chi connectivity index (χ1v) is 6.88. The zero-order valence-electron chi connectivity index (χ0n) is 11.6. The van der Waals surface area contributed by atoms with Crippen molar-refractivity contribution in [3.63, 3.8) is 0 Å². The molecule has 1 unspecified atom stereocenters. The first-order chi connectivity index (χ1) is 9.74. The molecular weight excluding hydrogens is 258 g/mol. The van der Waals surface area contributed by atoms with Gasteiger partial charge in [-0.3, -0.25) is 4.79 Å². The van der Waals surface area contributed by atoms with Gasteiger partial charge >= 0.3 is 0 Å². The number of nitrogens with one attached hydrogen (secondary N) is 1. The molecule has 1 aromatic heterocycles. The summed E-state index contributed by atoms with van der Waals surface area (Å²) in [6.07, 6.45) is 2.61. The van der Waals surface area contributed by atoms with Crippen LogP contribution in [-0.4, -0.2) is 56.5 Å². The van der Waals surface area contributed by atoms with Crippen LogP contribution in [0.25, 0.3) is 0 Å². The Hall–Kier alpha value is -1.66. The number of anilines is 1. The fraction of sp³-hybridized carbons (Fsp3) is 0.571. The van der Waals surface area contributed by atoms with Gasteiger partial charge < -0.3 is 19.7 Å². The SMILES string of the molecule is CNC(=O)c1cccnc1N1CCOC2(CCOC2)C1. The maximum atomic E-state index is 12.0. The minimum atomic E-state index is -0.240. The van der Waals surface area contributed by atoms with Crippen LogP contribution in [0.15, 0.2) is 18.3 Å². The van der Waals surface area contributed by atoms with Gasteiger partial charge in [-0.25, -0.2) is 4.98 Å². The summed E-state index contributed by atoms with van der Waals surface area (Å²) in [4.78, 5) is 18.5. The molecule has 2 aliphatic heterocycles. The molecule has 0 saturated carbocycles. The normalized spacial score (nSPS) is 25.9. The summed E-state index contributed by atoms with van der Waals surface area (Å²) in [6, 6.07) is 3.58. The van der Waals surface area contributed by atoms with E-state index in [4.69, 9.17) is 9.47 Å². The second-order valence-corrected chi connectivity index (χ2v) is 5.21. The van der Waals surface area contributed by atoms with E-state index in [1.165, 1.54) is 0 Å². The zero-order valence-corrected chi connectivity index (χ0v) is 11.6. The highest BCUT2D eigenvalue weighted by molar-refractivity contribution is 5.98. The van der Waals surface area contributed by atoms with Crippen molar-refractivity contribution >= 4 is 11.7 Å². The molecule has 0 aliphatic carbocycles. The van der Waals surface area contributed by atoms with Gasteiger partial charge in [0, 0.05) is 32.8 Å². The summed E-state index contributed by atoms with van der Waals surface area (Å²) < 4.78 is 11.4. The average Bonchev–Trinajstić information content (AvgIpc) is 2.94. The summed E-state index contributed by atoms with van der Waals surface area (Å²) in [7, 11) is 1.63. The Balaban J connectivity index is 1.87. The molecule has 0 radical (unpaired) electrons. The smallest absolute Gasteiger partial charge is 0.254 e.